The molecule has 1 atom stereocenters. The predicted octanol–water partition coefficient (Wildman–Crippen LogP) is 1.41. The average Bonchev–Trinajstić information content (AvgIpc) is 2.36. The van der Waals surface area contributed by atoms with Crippen molar-refractivity contribution in [2.45, 2.75) is 25.8 Å². The first kappa shape index (κ1) is 15.5. The third kappa shape index (κ3) is 3.94. The van der Waals surface area contributed by atoms with E-state index in [9.17, 15) is 4.79 Å². The van der Waals surface area contributed by atoms with Gasteiger partial charge in [-0.2, -0.15) is 0 Å². The maximum atomic E-state index is 11.9. The minimum atomic E-state index is -0.751. The summed E-state index contributed by atoms with van der Waals surface area (Å²) in [6.45, 7) is 4.21. The number of carbonyl (C=O) groups is 1. The summed E-state index contributed by atoms with van der Waals surface area (Å²) in [5.74, 6) is 0.781. The van der Waals surface area contributed by atoms with Gasteiger partial charge in [-0.15, -0.1) is 0 Å². The number of carbonyl (C=O) groups excluding carboxylic acids is 1. The van der Waals surface area contributed by atoms with Gasteiger partial charge >= 0.3 is 0 Å². The molecule has 0 aliphatic heterocycles. The van der Waals surface area contributed by atoms with Gasteiger partial charge in [-0.1, -0.05) is 26.0 Å². The molecule has 1 aromatic carbocycles. The smallest absolute Gasteiger partial charge is 0.255 e. The van der Waals surface area contributed by atoms with Gasteiger partial charge in [0.15, 0.2) is 0 Å². The molecule has 106 valence electrons. The summed E-state index contributed by atoms with van der Waals surface area (Å²) in [7, 11) is 5.06. The molecule has 0 heterocycles. The van der Waals surface area contributed by atoms with Gasteiger partial charge in [-0.25, -0.2) is 5.01 Å². The lowest BCUT2D eigenvalue weighted by atomic mass is 9.98. The topological polar surface area (TPSA) is 67.6 Å². The van der Waals surface area contributed by atoms with E-state index in [-0.39, 0.29) is 5.91 Å². The molecule has 19 heavy (non-hydrogen) atoms. The fraction of sp³-hybridized carbons (Fsp3) is 0.500. The van der Waals surface area contributed by atoms with Gasteiger partial charge in [0.05, 0.1) is 7.11 Å². The van der Waals surface area contributed by atoms with Crippen LogP contribution in [0.2, 0.25) is 0 Å². The summed E-state index contributed by atoms with van der Waals surface area (Å²) in [5.41, 5.74) is 10.5. The monoisotopic (exact) mass is 265 g/mol. The molecule has 0 spiro atoms. The minimum Gasteiger partial charge on any atom is -0.496 e. The Labute approximate surface area is 114 Å². The molecule has 1 rings (SSSR count). The molecule has 5 nitrogen and oxygen atoms in total. The van der Waals surface area contributed by atoms with Crippen LogP contribution < -0.4 is 15.9 Å². The lowest BCUT2D eigenvalue weighted by molar-refractivity contribution is -0.126. The van der Waals surface area contributed by atoms with Gasteiger partial charge in [0, 0.05) is 19.7 Å². The Hall–Kier alpha value is -1.59. The Bertz CT molecular complexity index is 444. The van der Waals surface area contributed by atoms with Crippen LogP contribution in [0.5, 0.6) is 5.75 Å². The molecule has 1 amide bonds. The van der Waals surface area contributed by atoms with Crippen LogP contribution in [0.3, 0.4) is 0 Å². The molecule has 3 N–H and O–H groups in total. The first-order valence-corrected chi connectivity index (χ1v) is 6.28. The van der Waals surface area contributed by atoms with Crippen LogP contribution in [-0.4, -0.2) is 32.1 Å². The molecule has 0 aliphatic rings. The summed E-state index contributed by atoms with van der Waals surface area (Å²) in [5, 5.41) is 1.57. The summed E-state index contributed by atoms with van der Waals surface area (Å²) >= 11 is 0. The van der Waals surface area contributed by atoms with Crippen molar-refractivity contribution >= 4 is 5.91 Å². The van der Waals surface area contributed by atoms with Crippen molar-refractivity contribution < 1.29 is 9.53 Å². The van der Waals surface area contributed by atoms with Gasteiger partial charge in [-0.3, -0.25) is 10.2 Å². The lowest BCUT2D eigenvalue weighted by Gasteiger charge is -2.19. The highest BCUT2D eigenvalue weighted by Gasteiger charge is 2.20. The second-order valence-corrected chi connectivity index (χ2v) is 5.00. The van der Waals surface area contributed by atoms with Crippen LogP contribution in [0.1, 0.15) is 36.9 Å². The third-order valence-corrected chi connectivity index (χ3v) is 2.88. The van der Waals surface area contributed by atoms with Crippen LogP contribution in [-0.2, 0) is 4.79 Å². The van der Waals surface area contributed by atoms with E-state index in [2.05, 4.69) is 19.3 Å². The van der Waals surface area contributed by atoms with Crippen LogP contribution >= 0.6 is 0 Å². The zero-order valence-corrected chi connectivity index (χ0v) is 12.2. The largest absolute Gasteiger partial charge is 0.496 e. The lowest BCUT2D eigenvalue weighted by Crippen LogP contribution is -2.42. The zero-order chi connectivity index (χ0) is 14.6. The number of methoxy groups -OCH3 is 1. The van der Waals surface area contributed by atoms with Gasteiger partial charge in [-0.05, 0) is 17.5 Å². The Kier molecular flexibility index (Phi) is 5.32. The highest BCUT2D eigenvalue weighted by Crippen LogP contribution is 2.28. The first-order valence-electron chi connectivity index (χ1n) is 6.28. The van der Waals surface area contributed by atoms with Crippen molar-refractivity contribution in [3.63, 3.8) is 0 Å². The maximum absolute atomic E-state index is 11.9. The van der Waals surface area contributed by atoms with E-state index in [0.717, 1.165) is 5.56 Å². The number of nitrogens with zero attached hydrogens (tertiary/aromatic N) is 1. The number of rotatable bonds is 5. The number of amides is 1. The Morgan fingerprint density at radius 2 is 2.00 bits per heavy atom. The molecule has 0 fully saturated rings. The fourth-order valence-corrected chi connectivity index (χ4v) is 1.77. The van der Waals surface area contributed by atoms with E-state index in [1.165, 1.54) is 0 Å². The molecule has 0 aliphatic carbocycles. The number of benzene rings is 1. The van der Waals surface area contributed by atoms with Gasteiger partial charge < -0.3 is 10.5 Å². The number of nitrogens with two attached hydrogens (primary N) is 1. The summed E-state index contributed by atoms with van der Waals surface area (Å²) < 4.78 is 5.34. The first-order chi connectivity index (χ1) is 8.86. The highest BCUT2D eigenvalue weighted by atomic mass is 16.5. The van der Waals surface area contributed by atoms with Crippen molar-refractivity contribution in [1.82, 2.24) is 10.4 Å². The SMILES string of the molecule is COc1cc(C(C)C)ccc1C(N)C(=O)NN(C)C. The molecular formula is C14H23N3O2. The molecule has 0 radical (unpaired) electrons. The van der Waals surface area contributed by atoms with E-state index in [4.69, 9.17) is 10.5 Å². The normalized spacial score (nSPS) is 12.6. The van der Waals surface area contributed by atoms with Crippen LogP contribution in [0.4, 0.5) is 0 Å². The van der Waals surface area contributed by atoms with E-state index >= 15 is 0 Å². The molecule has 0 saturated heterocycles. The zero-order valence-electron chi connectivity index (χ0n) is 12.2. The molecule has 0 bridgehead atoms. The predicted molar refractivity (Wildman–Crippen MR) is 75.8 cm³/mol. The van der Waals surface area contributed by atoms with Gasteiger partial charge in [0.2, 0.25) is 0 Å². The van der Waals surface area contributed by atoms with E-state index in [1.807, 2.05) is 18.2 Å². The molecular weight excluding hydrogens is 242 g/mol. The van der Waals surface area contributed by atoms with Crippen molar-refractivity contribution in [3.05, 3.63) is 29.3 Å². The Morgan fingerprint density at radius 1 is 1.37 bits per heavy atom. The summed E-state index contributed by atoms with van der Waals surface area (Å²) in [6.07, 6.45) is 0. The standard InChI is InChI=1S/C14H23N3O2/c1-9(2)10-6-7-11(12(8-10)19-5)13(15)14(18)16-17(3)4/h6-9,13H,15H2,1-5H3,(H,16,18). The number of ether oxygens (including phenoxy) is 1. The summed E-state index contributed by atoms with van der Waals surface area (Å²) in [6, 6.07) is 5.01. The van der Waals surface area contributed by atoms with Crippen LogP contribution in [0.15, 0.2) is 18.2 Å². The van der Waals surface area contributed by atoms with Gasteiger partial charge in [0.1, 0.15) is 11.8 Å². The maximum Gasteiger partial charge on any atom is 0.255 e. The quantitative estimate of drug-likeness (QED) is 0.790. The molecule has 5 heteroatoms. The van der Waals surface area contributed by atoms with Crippen molar-refractivity contribution in [2.24, 2.45) is 5.73 Å². The van der Waals surface area contributed by atoms with E-state index in [1.54, 1.807) is 26.2 Å². The number of hydrogen-bond donors (Lipinski definition) is 2. The van der Waals surface area contributed by atoms with Crippen molar-refractivity contribution in [2.75, 3.05) is 21.2 Å². The average molecular weight is 265 g/mol. The highest BCUT2D eigenvalue weighted by molar-refractivity contribution is 5.83. The second-order valence-electron chi connectivity index (χ2n) is 5.00. The molecule has 0 saturated carbocycles. The number of hydrazine groups is 1. The second kappa shape index (κ2) is 6.54. The number of hydrogen-bond acceptors (Lipinski definition) is 4. The Morgan fingerprint density at radius 3 is 2.47 bits per heavy atom. The number of nitrogens with one attached hydrogen (secondary N) is 1. The van der Waals surface area contributed by atoms with Crippen molar-refractivity contribution in [1.29, 1.82) is 0 Å². The Balaban J connectivity index is 3.02. The van der Waals surface area contributed by atoms with Crippen molar-refractivity contribution in [3.8, 4) is 5.75 Å². The molecule has 1 unspecified atom stereocenters. The van der Waals surface area contributed by atoms with Gasteiger partial charge in [0.25, 0.3) is 5.91 Å². The van der Waals surface area contributed by atoms with E-state index < -0.39 is 6.04 Å². The fourth-order valence-electron chi connectivity index (χ4n) is 1.77. The summed E-state index contributed by atoms with van der Waals surface area (Å²) in [4.78, 5) is 11.9. The molecule has 1 aromatic rings. The minimum absolute atomic E-state index is 0.263. The van der Waals surface area contributed by atoms with E-state index in [0.29, 0.717) is 17.2 Å². The molecule has 0 aromatic heterocycles. The van der Waals surface area contributed by atoms with Crippen LogP contribution in [0, 0.1) is 0 Å². The van der Waals surface area contributed by atoms with Crippen LogP contribution in [0.25, 0.3) is 0 Å². The third-order valence-electron chi connectivity index (χ3n) is 2.88.